The number of hydrogen-bond donors (Lipinski definition) is 1. The Morgan fingerprint density at radius 3 is 2.83 bits per heavy atom. The summed E-state index contributed by atoms with van der Waals surface area (Å²) in [5.74, 6) is -0.455. The highest BCUT2D eigenvalue weighted by Gasteiger charge is 2.40. The van der Waals surface area contributed by atoms with Crippen LogP contribution in [0, 0.1) is 0 Å². The number of fused-ring (bicyclic) bond motifs is 2. The van der Waals surface area contributed by atoms with Crippen LogP contribution < -0.4 is 4.90 Å². The number of hydrogen-bond acceptors (Lipinski definition) is 5. The van der Waals surface area contributed by atoms with E-state index < -0.39 is 5.97 Å². The molecule has 124 valence electrons. The Morgan fingerprint density at radius 1 is 1.29 bits per heavy atom. The molecule has 2 aromatic rings. The molecular weight excluding hydrogens is 308 g/mol. The van der Waals surface area contributed by atoms with Gasteiger partial charge in [0.15, 0.2) is 0 Å². The number of aromatic carboxylic acids is 1. The first-order chi connectivity index (χ1) is 11.7. The van der Waals surface area contributed by atoms with Crippen molar-refractivity contribution >= 4 is 11.7 Å². The molecule has 2 saturated heterocycles. The first kappa shape index (κ1) is 14.0. The molecule has 0 unspecified atom stereocenters. The zero-order valence-corrected chi connectivity index (χ0v) is 13.1. The monoisotopic (exact) mass is 326 g/mol. The number of nitrogens with zero attached hydrogens (tertiary/aromatic N) is 4. The fourth-order valence-corrected chi connectivity index (χ4v) is 3.74. The summed E-state index contributed by atoms with van der Waals surface area (Å²) >= 11 is 0. The molecule has 3 fully saturated rings. The number of carboxylic acid groups (broad SMARTS) is 1. The van der Waals surface area contributed by atoms with E-state index in [1.807, 2.05) is 10.8 Å². The maximum atomic E-state index is 11.3. The first-order valence-electron chi connectivity index (χ1n) is 8.35. The van der Waals surface area contributed by atoms with Crippen LogP contribution in [0.1, 0.15) is 41.4 Å². The van der Waals surface area contributed by atoms with E-state index >= 15 is 0 Å². The Morgan fingerprint density at radius 2 is 2.17 bits per heavy atom. The molecule has 0 aromatic carbocycles. The summed E-state index contributed by atoms with van der Waals surface area (Å²) in [6, 6.07) is 1.99. The average molecular weight is 326 g/mol. The number of carbonyl (C=O) groups is 1. The number of ether oxygens (including phenoxy) is 1. The molecule has 2 bridgehead atoms. The molecular formula is C17H18N4O3. The predicted molar refractivity (Wildman–Crippen MR) is 85.8 cm³/mol. The van der Waals surface area contributed by atoms with E-state index in [1.165, 1.54) is 12.8 Å². The number of rotatable bonds is 4. The Kier molecular flexibility index (Phi) is 2.94. The molecule has 1 aliphatic carbocycles. The molecule has 4 heterocycles. The van der Waals surface area contributed by atoms with Crippen molar-refractivity contribution in [1.29, 1.82) is 0 Å². The average Bonchev–Trinajstić information content (AvgIpc) is 3.01. The molecule has 0 radical (unpaired) electrons. The van der Waals surface area contributed by atoms with Crippen molar-refractivity contribution in [3.8, 4) is 5.69 Å². The van der Waals surface area contributed by atoms with Crippen LogP contribution in [-0.2, 0) is 4.74 Å². The lowest BCUT2D eigenvalue weighted by atomic mass is 10.2. The highest BCUT2D eigenvalue weighted by molar-refractivity contribution is 5.87. The minimum Gasteiger partial charge on any atom is -0.477 e. The standard InChI is InChI=1S/C17H18N4O3/c22-17(23)13-4-15(20-7-14(19-9-20)10-1-2-10)16(5-18-13)21-6-12-3-11(21)8-24-12/h4-5,7,9-12H,1-3,6,8H2,(H,22,23)/t11-,12-/m0/s1. The normalized spacial score (nSPS) is 25.4. The van der Waals surface area contributed by atoms with Crippen LogP contribution in [0.15, 0.2) is 24.8 Å². The Bertz CT molecular complexity index is 814. The van der Waals surface area contributed by atoms with Crippen LogP contribution in [-0.4, -0.2) is 50.9 Å². The van der Waals surface area contributed by atoms with Gasteiger partial charge in [-0.2, -0.15) is 0 Å². The molecule has 1 saturated carbocycles. The number of carboxylic acids is 1. The summed E-state index contributed by atoms with van der Waals surface area (Å²) in [6.45, 7) is 1.55. The lowest BCUT2D eigenvalue weighted by molar-refractivity contribution is 0.0690. The highest BCUT2D eigenvalue weighted by Crippen LogP contribution is 2.40. The van der Waals surface area contributed by atoms with Gasteiger partial charge in [0.05, 0.1) is 48.3 Å². The van der Waals surface area contributed by atoms with E-state index in [-0.39, 0.29) is 11.8 Å². The van der Waals surface area contributed by atoms with Gasteiger partial charge in [0.25, 0.3) is 0 Å². The van der Waals surface area contributed by atoms with Crippen molar-refractivity contribution in [3.05, 3.63) is 36.2 Å². The van der Waals surface area contributed by atoms with Crippen LogP contribution in [0.2, 0.25) is 0 Å². The van der Waals surface area contributed by atoms with Gasteiger partial charge in [-0.3, -0.25) is 0 Å². The number of morpholine rings is 1. The second kappa shape index (κ2) is 5.04. The van der Waals surface area contributed by atoms with Gasteiger partial charge >= 0.3 is 5.97 Å². The molecule has 2 aliphatic heterocycles. The summed E-state index contributed by atoms with van der Waals surface area (Å²) in [5, 5.41) is 9.30. The third-order valence-corrected chi connectivity index (χ3v) is 5.17. The molecule has 0 spiro atoms. The molecule has 7 nitrogen and oxygen atoms in total. The zero-order chi connectivity index (χ0) is 16.3. The summed E-state index contributed by atoms with van der Waals surface area (Å²) in [6.07, 6.45) is 9.15. The first-order valence-corrected chi connectivity index (χ1v) is 8.35. The van der Waals surface area contributed by atoms with Gasteiger partial charge in [-0.05, 0) is 25.3 Å². The minimum absolute atomic E-state index is 0.0519. The fraction of sp³-hybridized carbons (Fsp3) is 0.471. The van der Waals surface area contributed by atoms with Crippen LogP contribution >= 0.6 is 0 Å². The number of anilines is 1. The highest BCUT2D eigenvalue weighted by atomic mass is 16.5. The smallest absolute Gasteiger partial charge is 0.354 e. The lowest BCUT2D eigenvalue weighted by Crippen LogP contribution is -2.37. The maximum Gasteiger partial charge on any atom is 0.354 e. The fourth-order valence-electron chi connectivity index (χ4n) is 3.74. The van der Waals surface area contributed by atoms with Crippen LogP contribution in [0.25, 0.3) is 5.69 Å². The molecule has 1 N–H and O–H groups in total. The lowest BCUT2D eigenvalue weighted by Gasteiger charge is -2.30. The van der Waals surface area contributed by atoms with Crippen molar-refractivity contribution in [1.82, 2.24) is 14.5 Å². The van der Waals surface area contributed by atoms with Gasteiger partial charge in [-0.25, -0.2) is 14.8 Å². The van der Waals surface area contributed by atoms with Crippen LogP contribution in [0.3, 0.4) is 0 Å². The van der Waals surface area contributed by atoms with Crippen molar-refractivity contribution < 1.29 is 14.6 Å². The number of aromatic nitrogens is 3. The van der Waals surface area contributed by atoms with Gasteiger partial charge in [-0.1, -0.05) is 0 Å². The molecule has 2 aromatic heterocycles. The number of imidazole rings is 1. The van der Waals surface area contributed by atoms with E-state index in [1.54, 1.807) is 18.6 Å². The third-order valence-electron chi connectivity index (χ3n) is 5.17. The molecule has 24 heavy (non-hydrogen) atoms. The molecule has 7 heteroatoms. The van der Waals surface area contributed by atoms with Gasteiger partial charge in [0.2, 0.25) is 0 Å². The van der Waals surface area contributed by atoms with Gasteiger partial charge in [-0.15, -0.1) is 0 Å². The third kappa shape index (κ3) is 2.19. The summed E-state index contributed by atoms with van der Waals surface area (Å²) in [5.41, 5.74) is 2.92. The van der Waals surface area contributed by atoms with Crippen molar-refractivity contribution in [3.63, 3.8) is 0 Å². The summed E-state index contributed by atoms with van der Waals surface area (Å²) in [7, 11) is 0. The van der Waals surface area contributed by atoms with Crippen molar-refractivity contribution in [2.45, 2.75) is 37.3 Å². The largest absolute Gasteiger partial charge is 0.477 e. The van der Waals surface area contributed by atoms with E-state index in [4.69, 9.17) is 4.74 Å². The van der Waals surface area contributed by atoms with E-state index in [9.17, 15) is 9.90 Å². The van der Waals surface area contributed by atoms with E-state index in [0.29, 0.717) is 12.0 Å². The Labute approximate surface area is 138 Å². The van der Waals surface area contributed by atoms with Crippen LogP contribution in [0.4, 0.5) is 5.69 Å². The maximum absolute atomic E-state index is 11.3. The summed E-state index contributed by atoms with van der Waals surface area (Å²) in [4.78, 5) is 22.3. The molecule has 5 rings (SSSR count). The second-order valence-corrected chi connectivity index (χ2v) is 6.84. The van der Waals surface area contributed by atoms with Crippen LogP contribution in [0.5, 0.6) is 0 Å². The van der Waals surface area contributed by atoms with E-state index in [2.05, 4.69) is 14.9 Å². The molecule has 0 amide bonds. The van der Waals surface area contributed by atoms with Gasteiger partial charge < -0.3 is 19.3 Å². The van der Waals surface area contributed by atoms with Crippen molar-refractivity contribution in [2.75, 3.05) is 18.1 Å². The van der Waals surface area contributed by atoms with Crippen molar-refractivity contribution in [2.24, 2.45) is 0 Å². The summed E-state index contributed by atoms with van der Waals surface area (Å²) < 4.78 is 7.61. The predicted octanol–water partition coefficient (Wildman–Crippen LogP) is 1.82. The van der Waals surface area contributed by atoms with E-state index in [0.717, 1.165) is 36.6 Å². The topological polar surface area (TPSA) is 80.5 Å². The molecule has 2 atom stereocenters. The quantitative estimate of drug-likeness (QED) is 0.923. The minimum atomic E-state index is -1.02. The Balaban J connectivity index is 1.59. The van der Waals surface area contributed by atoms with Gasteiger partial charge in [0, 0.05) is 18.7 Å². The second-order valence-electron chi connectivity index (χ2n) is 6.84. The Hall–Kier alpha value is -2.41. The zero-order valence-electron chi connectivity index (χ0n) is 13.1. The number of pyridine rings is 1. The van der Waals surface area contributed by atoms with Gasteiger partial charge in [0.1, 0.15) is 5.69 Å². The molecule has 3 aliphatic rings. The SMILES string of the molecule is O=C(O)c1cc(-n2cnc(C3CC3)c2)c(N2C[C@@H]3C[C@H]2CO3)cn1.